The van der Waals surface area contributed by atoms with Gasteiger partial charge in [-0.25, -0.2) is 9.97 Å². The molecule has 2 heterocycles. The van der Waals surface area contributed by atoms with Crippen molar-refractivity contribution in [3.05, 3.63) is 90.7 Å². The predicted octanol–water partition coefficient (Wildman–Crippen LogP) is 5.71. The molecule has 2 aromatic carbocycles. The third kappa shape index (κ3) is 4.31. The minimum atomic E-state index is -0.418. The van der Waals surface area contributed by atoms with Crippen molar-refractivity contribution in [3.8, 4) is 22.6 Å². The van der Waals surface area contributed by atoms with Crippen molar-refractivity contribution in [2.24, 2.45) is 0 Å². The van der Waals surface area contributed by atoms with Gasteiger partial charge in [-0.15, -0.1) is 0 Å². The molecule has 0 saturated carbocycles. The van der Waals surface area contributed by atoms with Gasteiger partial charge in [0.1, 0.15) is 0 Å². The molecule has 1 unspecified atom stereocenters. The van der Waals surface area contributed by atoms with Crippen molar-refractivity contribution in [1.29, 1.82) is 0 Å². The van der Waals surface area contributed by atoms with E-state index in [9.17, 15) is 0 Å². The molecule has 0 bridgehead atoms. The van der Waals surface area contributed by atoms with E-state index >= 15 is 0 Å². The molecule has 0 N–H and O–H groups in total. The first-order valence-electron chi connectivity index (χ1n) is 11.6. The average molecular weight is 436 g/mol. The lowest BCUT2D eigenvalue weighted by Gasteiger charge is -2.32. The zero-order valence-electron chi connectivity index (χ0n) is 19.7. The highest BCUT2D eigenvalue weighted by atomic mass is 16.7. The normalized spacial score (nSPS) is 20.8. The Morgan fingerprint density at radius 1 is 0.818 bits per heavy atom. The number of nitrogens with zero attached hydrogens (tertiary/aromatic N) is 2. The van der Waals surface area contributed by atoms with Crippen LogP contribution in [0.15, 0.2) is 85.0 Å². The molecule has 5 heteroatoms. The van der Waals surface area contributed by atoms with E-state index in [1.807, 2.05) is 30.3 Å². The fraction of sp³-hybridized carbons (Fsp3) is 0.286. The smallest absolute Gasteiger partial charge is 0.399 e. The number of hydrogen-bond acceptors (Lipinski definition) is 4. The number of aromatic nitrogens is 2. The minimum absolute atomic E-state index is 0.241. The van der Waals surface area contributed by atoms with Gasteiger partial charge >= 0.3 is 7.12 Å². The minimum Gasteiger partial charge on any atom is -0.399 e. The largest absolute Gasteiger partial charge is 0.494 e. The van der Waals surface area contributed by atoms with Gasteiger partial charge in [0.25, 0.3) is 0 Å². The third-order valence-corrected chi connectivity index (χ3v) is 6.85. The lowest BCUT2D eigenvalue weighted by atomic mass is 9.78. The summed E-state index contributed by atoms with van der Waals surface area (Å²) in [5.74, 6) is 0.957. The van der Waals surface area contributed by atoms with E-state index < -0.39 is 7.12 Å². The number of benzene rings is 2. The monoisotopic (exact) mass is 436 g/mol. The van der Waals surface area contributed by atoms with Crippen LogP contribution >= 0.6 is 0 Å². The number of allylic oxidation sites excluding steroid dienone is 4. The highest BCUT2D eigenvalue weighted by molar-refractivity contribution is 6.62. The Labute approximate surface area is 196 Å². The van der Waals surface area contributed by atoms with Crippen LogP contribution < -0.4 is 5.46 Å². The summed E-state index contributed by atoms with van der Waals surface area (Å²) >= 11 is 0. The Hall–Kier alpha value is -3.02. The van der Waals surface area contributed by atoms with Gasteiger partial charge in [0.15, 0.2) is 5.82 Å². The highest BCUT2D eigenvalue weighted by Gasteiger charge is 2.51. The fourth-order valence-corrected chi connectivity index (χ4v) is 4.15. The fourth-order valence-electron chi connectivity index (χ4n) is 4.15. The quantitative estimate of drug-likeness (QED) is 0.492. The van der Waals surface area contributed by atoms with E-state index in [0.717, 1.165) is 34.4 Å². The first-order chi connectivity index (χ1) is 15.8. The summed E-state index contributed by atoms with van der Waals surface area (Å²) in [7, 11) is -0.418. The van der Waals surface area contributed by atoms with Crippen LogP contribution in [0.2, 0.25) is 0 Å². The molecule has 3 aromatic rings. The van der Waals surface area contributed by atoms with Gasteiger partial charge in [0, 0.05) is 17.0 Å². The van der Waals surface area contributed by atoms with Gasteiger partial charge in [-0.3, -0.25) is 0 Å². The van der Waals surface area contributed by atoms with Gasteiger partial charge in [0.2, 0.25) is 0 Å². The molecule has 1 atom stereocenters. The molecule has 2 aliphatic rings. The molecule has 1 saturated heterocycles. The maximum atomic E-state index is 6.27. The molecule has 166 valence electrons. The first kappa shape index (κ1) is 21.8. The molecule has 0 spiro atoms. The second-order valence-electron chi connectivity index (χ2n) is 9.74. The highest BCUT2D eigenvalue weighted by Crippen LogP contribution is 2.37. The van der Waals surface area contributed by atoms with Gasteiger partial charge in [-0.1, -0.05) is 78.9 Å². The van der Waals surface area contributed by atoms with E-state index in [4.69, 9.17) is 19.3 Å². The summed E-state index contributed by atoms with van der Waals surface area (Å²) in [6.45, 7) is 8.28. The molecule has 33 heavy (non-hydrogen) atoms. The Balaban J connectivity index is 1.56. The van der Waals surface area contributed by atoms with Crippen LogP contribution in [0.4, 0.5) is 0 Å². The zero-order chi connectivity index (χ0) is 23.1. The molecule has 1 fully saturated rings. The summed E-state index contributed by atoms with van der Waals surface area (Å²) < 4.78 is 12.5. The van der Waals surface area contributed by atoms with Crippen LogP contribution in [0.25, 0.3) is 22.6 Å². The van der Waals surface area contributed by atoms with Crippen molar-refractivity contribution in [2.75, 3.05) is 0 Å². The lowest BCUT2D eigenvalue weighted by molar-refractivity contribution is 0.00578. The van der Waals surface area contributed by atoms with Crippen LogP contribution in [0, 0.1) is 0 Å². The Bertz CT molecular complexity index is 1200. The average Bonchev–Trinajstić information content (AvgIpc) is 3.07. The topological polar surface area (TPSA) is 44.2 Å². The molecule has 1 aliphatic heterocycles. The maximum absolute atomic E-state index is 6.27. The van der Waals surface area contributed by atoms with Crippen LogP contribution in [0.3, 0.4) is 0 Å². The van der Waals surface area contributed by atoms with Crippen molar-refractivity contribution in [1.82, 2.24) is 9.97 Å². The summed E-state index contributed by atoms with van der Waals surface area (Å²) in [6, 6.07) is 20.6. The van der Waals surface area contributed by atoms with Gasteiger partial charge in [0.05, 0.1) is 22.6 Å². The summed E-state index contributed by atoms with van der Waals surface area (Å²) in [6.07, 6.45) is 9.52. The van der Waals surface area contributed by atoms with Gasteiger partial charge in [-0.05, 0) is 45.6 Å². The summed E-state index contributed by atoms with van der Waals surface area (Å²) in [5.41, 5.74) is 4.20. The molecular weight excluding hydrogens is 407 g/mol. The molecular formula is C28H29BN2O2. The first-order valence-corrected chi connectivity index (χ1v) is 11.6. The molecule has 0 amide bonds. The van der Waals surface area contributed by atoms with Crippen molar-refractivity contribution < 1.29 is 9.31 Å². The van der Waals surface area contributed by atoms with Crippen LogP contribution in [-0.4, -0.2) is 28.3 Å². The summed E-state index contributed by atoms with van der Waals surface area (Å²) in [4.78, 5) is 9.96. The van der Waals surface area contributed by atoms with E-state index in [-0.39, 0.29) is 17.1 Å². The predicted molar refractivity (Wildman–Crippen MR) is 134 cm³/mol. The molecule has 1 aromatic heterocycles. The van der Waals surface area contributed by atoms with Crippen LogP contribution in [0.5, 0.6) is 0 Å². The standard InChI is InChI=1S/C28H29BN2O2/c1-27(2)28(3,4)33-29(32-27)23-17-11-16-22(18-23)26-30-24(20-12-7-5-8-13-20)19-25(31-26)21-14-9-6-10-15-21/h5-14,16-19,21H,15H2,1-4H3. The van der Waals surface area contributed by atoms with Crippen molar-refractivity contribution >= 4 is 12.6 Å². The molecule has 4 nitrogen and oxygen atoms in total. The zero-order valence-corrected chi connectivity index (χ0v) is 19.7. The Morgan fingerprint density at radius 3 is 2.24 bits per heavy atom. The third-order valence-electron chi connectivity index (χ3n) is 6.85. The maximum Gasteiger partial charge on any atom is 0.494 e. The van der Waals surface area contributed by atoms with Crippen LogP contribution in [0.1, 0.15) is 45.7 Å². The second-order valence-corrected chi connectivity index (χ2v) is 9.74. The van der Waals surface area contributed by atoms with E-state index in [0.29, 0.717) is 5.82 Å². The number of rotatable bonds is 4. The van der Waals surface area contributed by atoms with Gasteiger partial charge in [-0.2, -0.15) is 0 Å². The lowest BCUT2D eigenvalue weighted by Crippen LogP contribution is -2.41. The van der Waals surface area contributed by atoms with Crippen LogP contribution in [-0.2, 0) is 9.31 Å². The van der Waals surface area contributed by atoms with Crippen molar-refractivity contribution in [2.45, 2.75) is 51.2 Å². The summed E-state index contributed by atoms with van der Waals surface area (Å²) in [5, 5.41) is 0. The van der Waals surface area contributed by atoms with E-state index in [1.54, 1.807) is 0 Å². The SMILES string of the molecule is CC1(C)OB(c2cccc(-c3nc(-c4ccccc4)cc(C4C=CC=CC4)n3)c2)OC1(C)C. The molecule has 0 radical (unpaired) electrons. The van der Waals surface area contributed by atoms with E-state index in [1.165, 1.54) is 0 Å². The van der Waals surface area contributed by atoms with E-state index in [2.05, 4.69) is 82.3 Å². The van der Waals surface area contributed by atoms with Crippen molar-refractivity contribution in [3.63, 3.8) is 0 Å². The Morgan fingerprint density at radius 2 is 1.55 bits per heavy atom. The number of hydrogen-bond donors (Lipinski definition) is 0. The second kappa shape index (κ2) is 8.40. The van der Waals surface area contributed by atoms with Gasteiger partial charge < -0.3 is 9.31 Å². The molecule has 1 aliphatic carbocycles. The Kier molecular flexibility index (Phi) is 5.55. The molecule has 5 rings (SSSR count).